The molecule has 1 N–H and O–H groups in total. The quantitative estimate of drug-likeness (QED) is 0.663. The Kier molecular flexibility index (Phi) is 6.03. The van der Waals surface area contributed by atoms with E-state index in [1.165, 1.54) is 0 Å². The Morgan fingerprint density at radius 2 is 1.93 bits per heavy atom. The minimum atomic E-state index is -0.212. The van der Waals surface area contributed by atoms with Crippen LogP contribution in [-0.4, -0.2) is 23.3 Å². The van der Waals surface area contributed by atoms with E-state index in [0.717, 1.165) is 30.6 Å². The number of ether oxygens (including phenoxy) is 1. The summed E-state index contributed by atoms with van der Waals surface area (Å²) in [6.45, 7) is 1.14. The zero-order valence-electron chi connectivity index (χ0n) is 16.6. The molecule has 152 valence electrons. The summed E-state index contributed by atoms with van der Waals surface area (Å²) in [5.41, 5.74) is 2.99. The normalized spacial score (nSPS) is 13.7. The third-order valence-corrected chi connectivity index (χ3v) is 4.98. The van der Waals surface area contributed by atoms with Gasteiger partial charge in [-0.1, -0.05) is 12.1 Å². The Morgan fingerprint density at radius 1 is 1.07 bits per heavy atom. The highest BCUT2D eigenvalue weighted by Crippen LogP contribution is 2.23. The lowest BCUT2D eigenvalue weighted by molar-refractivity contribution is -0.119. The van der Waals surface area contributed by atoms with Crippen LogP contribution >= 0.6 is 0 Å². The second-order valence-electron chi connectivity index (χ2n) is 7.18. The Labute approximate surface area is 175 Å². The first kappa shape index (κ1) is 19.6. The Morgan fingerprint density at radius 3 is 2.70 bits per heavy atom. The number of carbonyl (C=O) groups excluding carboxylic acids is 2. The summed E-state index contributed by atoms with van der Waals surface area (Å²) in [4.78, 5) is 30.5. The SMILES string of the molecule is O=C(Nc1cccc(OCc2cccnc2)c1)c1ccc(N2CCCCC2=O)cc1. The van der Waals surface area contributed by atoms with Crippen molar-refractivity contribution in [3.63, 3.8) is 0 Å². The van der Waals surface area contributed by atoms with E-state index in [1.54, 1.807) is 35.5 Å². The molecule has 0 saturated carbocycles. The third-order valence-electron chi connectivity index (χ3n) is 4.98. The van der Waals surface area contributed by atoms with Crippen LogP contribution in [0.5, 0.6) is 5.75 Å². The van der Waals surface area contributed by atoms with E-state index in [1.807, 2.05) is 42.5 Å². The van der Waals surface area contributed by atoms with Crippen LogP contribution in [-0.2, 0) is 11.4 Å². The van der Waals surface area contributed by atoms with Crippen LogP contribution in [0.4, 0.5) is 11.4 Å². The van der Waals surface area contributed by atoms with E-state index in [9.17, 15) is 9.59 Å². The van der Waals surface area contributed by atoms with Gasteiger partial charge in [0.15, 0.2) is 0 Å². The highest BCUT2D eigenvalue weighted by molar-refractivity contribution is 6.04. The number of hydrogen-bond donors (Lipinski definition) is 1. The van der Waals surface area contributed by atoms with Gasteiger partial charge in [0, 0.05) is 53.9 Å². The largest absolute Gasteiger partial charge is 0.489 e. The number of amides is 2. The van der Waals surface area contributed by atoms with E-state index < -0.39 is 0 Å². The third kappa shape index (κ3) is 4.84. The molecular formula is C24H23N3O3. The van der Waals surface area contributed by atoms with Gasteiger partial charge in [-0.05, 0) is 55.3 Å². The van der Waals surface area contributed by atoms with Crippen LogP contribution < -0.4 is 15.0 Å². The van der Waals surface area contributed by atoms with Crippen LogP contribution in [0.15, 0.2) is 73.1 Å². The van der Waals surface area contributed by atoms with E-state index >= 15 is 0 Å². The Bertz CT molecular complexity index is 1020. The van der Waals surface area contributed by atoms with Gasteiger partial charge in [0.1, 0.15) is 12.4 Å². The lowest BCUT2D eigenvalue weighted by atomic mass is 10.1. The molecule has 1 saturated heterocycles. The predicted octanol–water partition coefficient (Wildman–Crippen LogP) is 4.43. The first-order chi connectivity index (χ1) is 14.7. The Hall–Kier alpha value is -3.67. The van der Waals surface area contributed by atoms with Crippen LogP contribution in [0.2, 0.25) is 0 Å². The number of anilines is 2. The molecule has 30 heavy (non-hydrogen) atoms. The highest BCUT2D eigenvalue weighted by atomic mass is 16.5. The second-order valence-corrected chi connectivity index (χ2v) is 7.18. The van der Waals surface area contributed by atoms with Crippen molar-refractivity contribution in [2.24, 2.45) is 0 Å². The summed E-state index contributed by atoms with van der Waals surface area (Å²) in [5.74, 6) is 0.591. The summed E-state index contributed by atoms with van der Waals surface area (Å²) in [5, 5.41) is 2.89. The van der Waals surface area contributed by atoms with Crippen LogP contribution in [0.3, 0.4) is 0 Å². The monoisotopic (exact) mass is 401 g/mol. The summed E-state index contributed by atoms with van der Waals surface area (Å²) in [6.07, 6.45) is 6.01. The standard InChI is InChI=1S/C24H23N3O3/c28-23-8-1-2-14-27(23)21-11-9-19(10-12-21)24(29)26-20-6-3-7-22(15-20)30-17-18-5-4-13-25-16-18/h3-7,9-13,15-16H,1-2,8,14,17H2,(H,26,29). The van der Waals surface area contributed by atoms with Crippen molar-refractivity contribution in [2.45, 2.75) is 25.9 Å². The van der Waals surface area contributed by atoms with Gasteiger partial charge in [-0.15, -0.1) is 0 Å². The van der Waals surface area contributed by atoms with Crippen LogP contribution in [0.25, 0.3) is 0 Å². The van der Waals surface area contributed by atoms with Crippen molar-refractivity contribution < 1.29 is 14.3 Å². The topological polar surface area (TPSA) is 71.5 Å². The van der Waals surface area contributed by atoms with Gasteiger partial charge in [0.2, 0.25) is 5.91 Å². The number of nitrogens with one attached hydrogen (secondary N) is 1. The summed E-state index contributed by atoms with van der Waals surface area (Å²) in [6, 6.07) is 18.2. The van der Waals surface area contributed by atoms with Crippen molar-refractivity contribution in [2.75, 3.05) is 16.8 Å². The van der Waals surface area contributed by atoms with Crippen molar-refractivity contribution in [1.29, 1.82) is 0 Å². The molecule has 1 aromatic heterocycles. The summed E-state index contributed by atoms with van der Waals surface area (Å²) in [7, 11) is 0. The minimum absolute atomic E-state index is 0.140. The highest BCUT2D eigenvalue weighted by Gasteiger charge is 2.19. The molecule has 2 heterocycles. The summed E-state index contributed by atoms with van der Waals surface area (Å²) >= 11 is 0. The second kappa shape index (κ2) is 9.22. The average molecular weight is 401 g/mol. The number of rotatable bonds is 6. The van der Waals surface area contributed by atoms with Crippen LogP contribution in [0, 0.1) is 0 Å². The number of benzene rings is 2. The van der Waals surface area contributed by atoms with Crippen molar-refractivity contribution in [1.82, 2.24) is 4.98 Å². The maximum Gasteiger partial charge on any atom is 0.255 e. The number of piperidine rings is 1. The molecule has 0 atom stereocenters. The van der Waals surface area contributed by atoms with Crippen molar-refractivity contribution in [3.8, 4) is 5.75 Å². The van der Waals surface area contributed by atoms with Crippen molar-refractivity contribution >= 4 is 23.2 Å². The zero-order valence-corrected chi connectivity index (χ0v) is 16.6. The van der Waals surface area contributed by atoms with E-state index in [2.05, 4.69) is 10.3 Å². The number of carbonyl (C=O) groups is 2. The minimum Gasteiger partial charge on any atom is -0.489 e. The number of pyridine rings is 1. The average Bonchev–Trinajstić information content (AvgIpc) is 2.79. The molecule has 0 unspecified atom stereocenters. The van der Waals surface area contributed by atoms with E-state index in [4.69, 9.17) is 4.74 Å². The Balaban J connectivity index is 1.38. The fraction of sp³-hybridized carbons (Fsp3) is 0.208. The maximum absolute atomic E-state index is 12.6. The van der Waals surface area contributed by atoms with Crippen LogP contribution in [0.1, 0.15) is 35.2 Å². The molecule has 0 aliphatic carbocycles. The number of hydrogen-bond acceptors (Lipinski definition) is 4. The van der Waals surface area contributed by atoms with Crippen molar-refractivity contribution in [3.05, 3.63) is 84.2 Å². The predicted molar refractivity (Wildman–Crippen MR) is 116 cm³/mol. The van der Waals surface area contributed by atoms with Gasteiger partial charge in [0.25, 0.3) is 5.91 Å². The summed E-state index contributed by atoms with van der Waals surface area (Å²) < 4.78 is 5.78. The van der Waals surface area contributed by atoms with Gasteiger partial charge in [0.05, 0.1) is 0 Å². The number of aromatic nitrogens is 1. The van der Waals surface area contributed by atoms with Gasteiger partial charge >= 0.3 is 0 Å². The van der Waals surface area contributed by atoms with Gasteiger partial charge < -0.3 is 15.0 Å². The van der Waals surface area contributed by atoms with Gasteiger partial charge in [-0.3, -0.25) is 14.6 Å². The van der Waals surface area contributed by atoms with E-state index in [-0.39, 0.29) is 11.8 Å². The molecule has 0 bridgehead atoms. The molecule has 2 aromatic carbocycles. The molecule has 1 fully saturated rings. The van der Waals surface area contributed by atoms with E-state index in [0.29, 0.717) is 30.0 Å². The fourth-order valence-corrected chi connectivity index (χ4v) is 3.39. The first-order valence-corrected chi connectivity index (χ1v) is 10.0. The molecule has 3 aromatic rings. The molecule has 0 spiro atoms. The molecule has 6 heteroatoms. The molecule has 0 radical (unpaired) electrons. The molecule has 6 nitrogen and oxygen atoms in total. The molecule has 4 rings (SSSR count). The maximum atomic E-state index is 12.6. The molecule has 1 aliphatic heterocycles. The number of nitrogens with zero attached hydrogens (tertiary/aromatic N) is 2. The zero-order chi connectivity index (χ0) is 20.8. The lowest BCUT2D eigenvalue weighted by Crippen LogP contribution is -2.35. The molecule has 2 amide bonds. The lowest BCUT2D eigenvalue weighted by Gasteiger charge is -2.26. The fourth-order valence-electron chi connectivity index (χ4n) is 3.39. The first-order valence-electron chi connectivity index (χ1n) is 10.0. The smallest absolute Gasteiger partial charge is 0.255 e. The molecular weight excluding hydrogens is 378 g/mol. The molecule has 1 aliphatic rings. The van der Waals surface area contributed by atoms with Gasteiger partial charge in [-0.25, -0.2) is 0 Å². The van der Waals surface area contributed by atoms with Gasteiger partial charge in [-0.2, -0.15) is 0 Å².